The third-order valence-corrected chi connectivity index (χ3v) is 3.19. The van der Waals surface area contributed by atoms with Crippen LogP contribution >= 0.6 is 0 Å². The predicted molar refractivity (Wildman–Crippen MR) is 85.4 cm³/mol. The number of esters is 1. The Labute approximate surface area is 137 Å². The zero-order valence-corrected chi connectivity index (χ0v) is 12.9. The second kappa shape index (κ2) is 7.23. The smallest absolute Gasteiger partial charge is 0.337 e. The highest BCUT2D eigenvalue weighted by Gasteiger charge is 2.16. The van der Waals surface area contributed by atoms with Gasteiger partial charge < -0.3 is 14.8 Å². The van der Waals surface area contributed by atoms with Crippen molar-refractivity contribution in [1.82, 2.24) is 0 Å². The maximum absolute atomic E-state index is 12.3. The molecule has 124 valence electrons. The molecule has 0 unspecified atom stereocenters. The van der Waals surface area contributed by atoms with Gasteiger partial charge in [-0.3, -0.25) is 14.9 Å². The van der Waals surface area contributed by atoms with Crippen LogP contribution in [-0.4, -0.2) is 31.0 Å². The highest BCUT2D eigenvalue weighted by atomic mass is 16.6. The first-order valence-corrected chi connectivity index (χ1v) is 6.78. The molecule has 0 heterocycles. The molecule has 1 amide bonds. The van der Waals surface area contributed by atoms with E-state index in [0.29, 0.717) is 0 Å². The Morgan fingerprint density at radius 2 is 1.79 bits per heavy atom. The average Bonchev–Trinajstić information content (AvgIpc) is 2.60. The van der Waals surface area contributed by atoms with Crippen molar-refractivity contribution in [2.75, 3.05) is 19.5 Å². The van der Waals surface area contributed by atoms with E-state index in [1.807, 2.05) is 0 Å². The lowest BCUT2D eigenvalue weighted by molar-refractivity contribution is -0.384. The van der Waals surface area contributed by atoms with Crippen LogP contribution in [0.4, 0.5) is 11.4 Å². The fourth-order valence-corrected chi connectivity index (χ4v) is 2.01. The molecule has 2 aromatic rings. The van der Waals surface area contributed by atoms with Crippen molar-refractivity contribution in [3.8, 4) is 5.75 Å². The molecule has 2 rings (SSSR count). The van der Waals surface area contributed by atoms with E-state index >= 15 is 0 Å². The number of benzene rings is 2. The summed E-state index contributed by atoms with van der Waals surface area (Å²) in [4.78, 5) is 34.1. The van der Waals surface area contributed by atoms with Crippen LogP contribution in [0.2, 0.25) is 0 Å². The Hall–Kier alpha value is -3.42. The molecule has 0 radical (unpaired) electrons. The highest BCUT2D eigenvalue weighted by Crippen LogP contribution is 2.29. The van der Waals surface area contributed by atoms with Crippen LogP contribution < -0.4 is 10.1 Å². The number of carbonyl (C=O) groups is 2. The van der Waals surface area contributed by atoms with Gasteiger partial charge in [0, 0.05) is 17.7 Å². The predicted octanol–water partition coefficient (Wildman–Crippen LogP) is 2.64. The third kappa shape index (κ3) is 3.67. The average molecular weight is 330 g/mol. The maximum Gasteiger partial charge on any atom is 0.337 e. The molecule has 0 saturated carbocycles. The molecule has 0 saturated heterocycles. The zero-order chi connectivity index (χ0) is 17.7. The molecule has 24 heavy (non-hydrogen) atoms. The van der Waals surface area contributed by atoms with Gasteiger partial charge in [-0.25, -0.2) is 4.79 Å². The number of amides is 1. The number of ether oxygens (including phenoxy) is 2. The van der Waals surface area contributed by atoms with E-state index in [2.05, 4.69) is 10.1 Å². The van der Waals surface area contributed by atoms with Crippen LogP contribution in [0.15, 0.2) is 42.5 Å². The number of rotatable bonds is 5. The topological polar surface area (TPSA) is 108 Å². The van der Waals surface area contributed by atoms with Crippen molar-refractivity contribution in [2.45, 2.75) is 0 Å². The van der Waals surface area contributed by atoms with Crippen LogP contribution in [0.25, 0.3) is 0 Å². The Morgan fingerprint density at radius 1 is 1.08 bits per heavy atom. The minimum atomic E-state index is -0.576. The minimum Gasteiger partial charge on any atom is -0.495 e. The lowest BCUT2D eigenvalue weighted by Gasteiger charge is -2.10. The van der Waals surface area contributed by atoms with E-state index in [1.165, 1.54) is 56.7 Å². The Kier molecular flexibility index (Phi) is 5.10. The number of non-ortho nitro benzene ring substituents is 1. The summed E-state index contributed by atoms with van der Waals surface area (Å²) >= 11 is 0. The molecular weight excluding hydrogens is 316 g/mol. The van der Waals surface area contributed by atoms with Crippen molar-refractivity contribution in [1.29, 1.82) is 0 Å². The third-order valence-electron chi connectivity index (χ3n) is 3.19. The maximum atomic E-state index is 12.3. The van der Waals surface area contributed by atoms with Crippen molar-refractivity contribution in [3.05, 3.63) is 63.7 Å². The summed E-state index contributed by atoms with van der Waals surface area (Å²) in [6, 6.07) is 9.77. The van der Waals surface area contributed by atoms with Gasteiger partial charge in [0.15, 0.2) is 0 Å². The van der Waals surface area contributed by atoms with Crippen molar-refractivity contribution in [3.63, 3.8) is 0 Å². The first-order chi connectivity index (χ1) is 11.5. The van der Waals surface area contributed by atoms with Crippen LogP contribution in [0, 0.1) is 10.1 Å². The molecule has 0 fully saturated rings. The van der Waals surface area contributed by atoms with Gasteiger partial charge in [0.05, 0.1) is 30.4 Å². The SMILES string of the molecule is COC(=O)c1cccc(C(=O)Nc2cc([N+](=O)[O-])ccc2OC)c1. The number of methoxy groups -OCH3 is 2. The number of nitro benzene ring substituents is 1. The van der Waals surface area contributed by atoms with E-state index < -0.39 is 16.8 Å². The summed E-state index contributed by atoms with van der Waals surface area (Å²) < 4.78 is 9.69. The van der Waals surface area contributed by atoms with E-state index in [0.717, 1.165) is 0 Å². The Morgan fingerprint density at radius 3 is 2.42 bits per heavy atom. The van der Waals surface area contributed by atoms with Gasteiger partial charge in [-0.1, -0.05) is 6.07 Å². The lowest BCUT2D eigenvalue weighted by atomic mass is 10.1. The number of nitrogens with zero attached hydrogens (tertiary/aromatic N) is 1. The summed E-state index contributed by atoms with van der Waals surface area (Å²) in [7, 11) is 2.62. The van der Waals surface area contributed by atoms with E-state index in [1.54, 1.807) is 0 Å². The molecule has 0 aliphatic rings. The van der Waals surface area contributed by atoms with Crippen LogP contribution in [0.1, 0.15) is 20.7 Å². The molecule has 0 spiro atoms. The second-order valence-electron chi connectivity index (χ2n) is 4.67. The summed E-state index contributed by atoms with van der Waals surface area (Å²) in [5.41, 5.74) is 0.386. The second-order valence-corrected chi connectivity index (χ2v) is 4.67. The Balaban J connectivity index is 2.31. The fourth-order valence-electron chi connectivity index (χ4n) is 2.01. The van der Waals surface area contributed by atoms with Crippen LogP contribution in [0.5, 0.6) is 5.75 Å². The molecule has 1 N–H and O–H groups in total. The van der Waals surface area contributed by atoms with Gasteiger partial charge in [-0.2, -0.15) is 0 Å². The highest BCUT2D eigenvalue weighted by molar-refractivity contribution is 6.06. The van der Waals surface area contributed by atoms with E-state index in [9.17, 15) is 19.7 Å². The van der Waals surface area contributed by atoms with E-state index in [-0.39, 0.29) is 28.3 Å². The standard InChI is InChI=1S/C16H14N2O6/c1-23-14-7-6-12(18(21)22)9-13(14)17-15(19)10-4-3-5-11(8-10)16(20)24-2/h3-9H,1-2H3,(H,17,19). The minimum absolute atomic E-state index is 0.153. The zero-order valence-electron chi connectivity index (χ0n) is 12.9. The summed E-state index contributed by atoms with van der Waals surface area (Å²) in [5, 5.41) is 13.4. The van der Waals surface area contributed by atoms with Gasteiger partial charge in [0.2, 0.25) is 0 Å². The van der Waals surface area contributed by atoms with Gasteiger partial charge in [-0.15, -0.1) is 0 Å². The van der Waals surface area contributed by atoms with Crippen molar-refractivity contribution in [2.24, 2.45) is 0 Å². The number of hydrogen-bond acceptors (Lipinski definition) is 6. The molecular formula is C16H14N2O6. The lowest BCUT2D eigenvalue weighted by Crippen LogP contribution is -2.14. The van der Waals surface area contributed by atoms with Crippen molar-refractivity contribution < 1.29 is 24.0 Å². The summed E-state index contributed by atoms with van der Waals surface area (Å²) in [6.07, 6.45) is 0. The van der Waals surface area contributed by atoms with Gasteiger partial charge >= 0.3 is 5.97 Å². The molecule has 0 aliphatic heterocycles. The normalized spacial score (nSPS) is 9.92. The quantitative estimate of drug-likeness (QED) is 0.513. The monoisotopic (exact) mass is 330 g/mol. The van der Waals surface area contributed by atoms with Crippen molar-refractivity contribution >= 4 is 23.3 Å². The van der Waals surface area contributed by atoms with Gasteiger partial charge in [-0.05, 0) is 24.3 Å². The number of nitro groups is 1. The molecule has 0 atom stereocenters. The molecule has 8 nitrogen and oxygen atoms in total. The first-order valence-electron chi connectivity index (χ1n) is 6.78. The molecule has 0 aliphatic carbocycles. The first kappa shape index (κ1) is 16.9. The van der Waals surface area contributed by atoms with Crippen LogP contribution in [0.3, 0.4) is 0 Å². The largest absolute Gasteiger partial charge is 0.495 e. The molecule has 0 bridgehead atoms. The summed E-state index contributed by atoms with van der Waals surface area (Å²) in [5.74, 6) is -0.838. The van der Waals surface area contributed by atoms with Gasteiger partial charge in [0.25, 0.3) is 11.6 Å². The fraction of sp³-hybridized carbons (Fsp3) is 0.125. The van der Waals surface area contributed by atoms with Gasteiger partial charge in [0.1, 0.15) is 5.75 Å². The molecule has 0 aromatic heterocycles. The Bertz CT molecular complexity index is 803. The van der Waals surface area contributed by atoms with Crippen LogP contribution in [-0.2, 0) is 4.74 Å². The number of nitrogens with one attached hydrogen (secondary N) is 1. The number of hydrogen-bond donors (Lipinski definition) is 1. The number of carbonyl (C=O) groups excluding carboxylic acids is 2. The number of anilines is 1. The molecule has 8 heteroatoms. The summed E-state index contributed by atoms with van der Waals surface area (Å²) in [6.45, 7) is 0. The van der Waals surface area contributed by atoms with E-state index in [4.69, 9.17) is 4.74 Å². The molecule has 2 aromatic carbocycles.